The van der Waals surface area contributed by atoms with Crippen LogP contribution in [-0.4, -0.2) is 18.3 Å². The van der Waals surface area contributed by atoms with Gasteiger partial charge >= 0.3 is 6.18 Å². The third-order valence-corrected chi connectivity index (χ3v) is 1.56. The molecule has 82 valence electrons. The highest BCUT2D eigenvalue weighted by molar-refractivity contribution is 5.94. The van der Waals surface area contributed by atoms with Crippen molar-refractivity contribution < 1.29 is 22.4 Å². The zero-order valence-corrected chi connectivity index (χ0v) is 7.38. The number of hydrogen-bond donors (Lipinski definition) is 1. The second-order valence-corrected chi connectivity index (χ2v) is 2.76. The molecule has 0 spiro atoms. The maximum absolute atomic E-state index is 12.5. The first-order valence-corrected chi connectivity index (χ1v) is 3.98. The highest BCUT2D eigenvalue weighted by atomic mass is 19.4. The third kappa shape index (κ3) is 3.23. The Morgan fingerprint density at radius 2 is 1.73 bits per heavy atom. The summed E-state index contributed by atoms with van der Waals surface area (Å²) >= 11 is 0. The van der Waals surface area contributed by atoms with E-state index in [4.69, 9.17) is 0 Å². The number of carbonyl (C=O) groups excluding carboxylic acids is 1. The molecule has 0 aliphatic heterocycles. The topological polar surface area (TPSA) is 29.1 Å². The first kappa shape index (κ1) is 11.5. The van der Waals surface area contributed by atoms with Gasteiger partial charge in [0.25, 0.3) is 12.1 Å². The number of hydrogen-bond acceptors (Lipinski definition) is 1. The van der Waals surface area contributed by atoms with Crippen LogP contribution in [0.2, 0.25) is 0 Å². The minimum absolute atomic E-state index is 0.120. The summed E-state index contributed by atoms with van der Waals surface area (Å²) in [4.78, 5) is 10.8. The van der Waals surface area contributed by atoms with Crippen LogP contribution in [0.4, 0.5) is 23.2 Å². The number of amides is 1. The Balaban J connectivity index is 2.65. The van der Waals surface area contributed by atoms with E-state index in [0.29, 0.717) is 0 Å². The van der Waals surface area contributed by atoms with E-state index in [-0.39, 0.29) is 5.69 Å². The Hall–Kier alpha value is -1.59. The molecule has 15 heavy (non-hydrogen) atoms. The summed E-state index contributed by atoms with van der Waals surface area (Å²) in [5.74, 6) is -1.71. The standard InChI is InChI=1S/C9H7F4NO/c10-7(9(11,12)13)8(15)14-6-4-2-1-3-5-6/h1-5,7H,(H,14,15)/t7-/m0/s1. The van der Waals surface area contributed by atoms with Crippen molar-refractivity contribution >= 4 is 11.6 Å². The maximum atomic E-state index is 12.5. The molecule has 0 aliphatic carbocycles. The molecule has 1 atom stereocenters. The first-order chi connectivity index (χ1) is 6.91. The first-order valence-electron chi connectivity index (χ1n) is 3.98. The number of rotatable bonds is 2. The molecule has 2 nitrogen and oxygen atoms in total. The molecule has 0 unspecified atom stereocenters. The van der Waals surface area contributed by atoms with Gasteiger partial charge in [0.1, 0.15) is 0 Å². The Labute approximate surface area is 82.9 Å². The van der Waals surface area contributed by atoms with Gasteiger partial charge in [-0.05, 0) is 12.1 Å². The second-order valence-electron chi connectivity index (χ2n) is 2.76. The molecule has 1 aromatic carbocycles. The lowest BCUT2D eigenvalue weighted by molar-refractivity contribution is -0.183. The Kier molecular flexibility index (Phi) is 3.28. The SMILES string of the molecule is O=C(Nc1ccccc1)[C@H](F)C(F)(F)F. The molecular weight excluding hydrogens is 214 g/mol. The predicted molar refractivity (Wildman–Crippen MR) is 46.0 cm³/mol. The molecule has 0 bridgehead atoms. The molecule has 0 radical (unpaired) electrons. The zero-order chi connectivity index (χ0) is 11.5. The predicted octanol–water partition coefficient (Wildman–Crippen LogP) is 2.53. The third-order valence-electron chi connectivity index (χ3n) is 1.56. The summed E-state index contributed by atoms with van der Waals surface area (Å²) in [5, 5.41) is 1.81. The number of anilines is 1. The van der Waals surface area contributed by atoms with Gasteiger partial charge in [0.2, 0.25) is 0 Å². The Bertz CT molecular complexity index is 336. The van der Waals surface area contributed by atoms with E-state index in [1.807, 2.05) is 5.32 Å². The van der Waals surface area contributed by atoms with Crippen molar-refractivity contribution in [3.8, 4) is 0 Å². The van der Waals surface area contributed by atoms with E-state index in [1.54, 1.807) is 6.07 Å². The van der Waals surface area contributed by atoms with Gasteiger partial charge in [0.05, 0.1) is 0 Å². The Morgan fingerprint density at radius 3 is 2.20 bits per heavy atom. The van der Waals surface area contributed by atoms with Crippen LogP contribution in [0.25, 0.3) is 0 Å². The average Bonchev–Trinajstić information content (AvgIpc) is 2.16. The number of nitrogens with one attached hydrogen (secondary N) is 1. The van der Waals surface area contributed by atoms with Gasteiger partial charge in [-0.1, -0.05) is 18.2 Å². The van der Waals surface area contributed by atoms with Crippen LogP contribution in [0.5, 0.6) is 0 Å². The van der Waals surface area contributed by atoms with Crippen LogP contribution in [0.3, 0.4) is 0 Å². The molecule has 0 aromatic heterocycles. The minimum Gasteiger partial charge on any atom is -0.323 e. The maximum Gasteiger partial charge on any atom is 0.428 e. The molecule has 1 aromatic rings. The van der Waals surface area contributed by atoms with Crippen LogP contribution >= 0.6 is 0 Å². The van der Waals surface area contributed by atoms with Gasteiger partial charge in [0.15, 0.2) is 0 Å². The lowest BCUT2D eigenvalue weighted by atomic mass is 10.3. The molecule has 0 saturated heterocycles. The fourth-order valence-corrected chi connectivity index (χ4v) is 0.876. The molecule has 1 N–H and O–H groups in total. The van der Waals surface area contributed by atoms with Gasteiger partial charge in [-0.25, -0.2) is 4.39 Å². The normalized spacial score (nSPS) is 13.3. The molecule has 6 heteroatoms. The highest BCUT2D eigenvalue weighted by Crippen LogP contribution is 2.23. The molecule has 1 rings (SSSR count). The summed E-state index contributed by atoms with van der Waals surface area (Å²) in [6, 6.07) is 7.36. The summed E-state index contributed by atoms with van der Waals surface area (Å²) in [7, 11) is 0. The fraction of sp³-hybridized carbons (Fsp3) is 0.222. The number of halogens is 4. The minimum atomic E-state index is -5.17. The van der Waals surface area contributed by atoms with Crippen LogP contribution in [0.15, 0.2) is 30.3 Å². The number of para-hydroxylation sites is 1. The second kappa shape index (κ2) is 4.29. The summed E-state index contributed by atoms with van der Waals surface area (Å²) in [6.45, 7) is 0. The lowest BCUT2D eigenvalue weighted by Gasteiger charge is -2.12. The largest absolute Gasteiger partial charge is 0.428 e. The van der Waals surface area contributed by atoms with Crippen LogP contribution in [0.1, 0.15) is 0 Å². The van der Waals surface area contributed by atoms with Crippen molar-refractivity contribution in [3.05, 3.63) is 30.3 Å². The smallest absolute Gasteiger partial charge is 0.323 e. The lowest BCUT2D eigenvalue weighted by Crippen LogP contribution is -2.36. The van der Waals surface area contributed by atoms with E-state index < -0.39 is 18.3 Å². The van der Waals surface area contributed by atoms with Gasteiger partial charge in [0, 0.05) is 5.69 Å². The van der Waals surface area contributed by atoms with E-state index in [2.05, 4.69) is 0 Å². The fourth-order valence-electron chi connectivity index (χ4n) is 0.876. The highest BCUT2D eigenvalue weighted by Gasteiger charge is 2.45. The van der Waals surface area contributed by atoms with Gasteiger partial charge in [-0.2, -0.15) is 13.2 Å². The van der Waals surface area contributed by atoms with Crippen molar-refractivity contribution in [2.45, 2.75) is 12.3 Å². The molecule has 1 amide bonds. The average molecular weight is 221 g/mol. The molecule has 0 saturated carbocycles. The van der Waals surface area contributed by atoms with Crippen molar-refractivity contribution in [1.29, 1.82) is 0 Å². The molecule has 0 fully saturated rings. The quantitative estimate of drug-likeness (QED) is 0.764. The van der Waals surface area contributed by atoms with E-state index in [9.17, 15) is 22.4 Å². The number of alkyl halides is 4. The summed E-state index contributed by atoms with van der Waals surface area (Å²) in [5.41, 5.74) is 0.120. The summed E-state index contributed by atoms with van der Waals surface area (Å²) in [6.07, 6.45) is -8.67. The number of carbonyl (C=O) groups is 1. The monoisotopic (exact) mass is 221 g/mol. The van der Waals surface area contributed by atoms with E-state index in [0.717, 1.165) is 0 Å². The molecule has 0 heterocycles. The summed E-state index contributed by atoms with van der Waals surface area (Å²) < 4.78 is 47.8. The van der Waals surface area contributed by atoms with E-state index >= 15 is 0 Å². The van der Waals surface area contributed by atoms with Crippen LogP contribution in [0, 0.1) is 0 Å². The Morgan fingerprint density at radius 1 is 1.20 bits per heavy atom. The van der Waals surface area contributed by atoms with Crippen molar-refractivity contribution in [3.63, 3.8) is 0 Å². The van der Waals surface area contributed by atoms with E-state index in [1.165, 1.54) is 24.3 Å². The van der Waals surface area contributed by atoms with Gasteiger partial charge < -0.3 is 5.32 Å². The van der Waals surface area contributed by atoms with Crippen LogP contribution in [-0.2, 0) is 4.79 Å². The van der Waals surface area contributed by atoms with Crippen LogP contribution < -0.4 is 5.32 Å². The number of benzene rings is 1. The van der Waals surface area contributed by atoms with Crippen molar-refractivity contribution in [1.82, 2.24) is 0 Å². The van der Waals surface area contributed by atoms with Crippen molar-refractivity contribution in [2.75, 3.05) is 5.32 Å². The van der Waals surface area contributed by atoms with Gasteiger partial charge in [-0.3, -0.25) is 4.79 Å². The zero-order valence-electron chi connectivity index (χ0n) is 7.38. The molecule has 0 aliphatic rings. The van der Waals surface area contributed by atoms with Crippen molar-refractivity contribution in [2.24, 2.45) is 0 Å². The molecular formula is C9H7F4NO. The van der Waals surface area contributed by atoms with Gasteiger partial charge in [-0.15, -0.1) is 0 Å².